The Morgan fingerprint density at radius 2 is 1.86 bits per heavy atom. The summed E-state index contributed by atoms with van der Waals surface area (Å²) in [5.41, 5.74) is 3.44. The van der Waals surface area contributed by atoms with Gasteiger partial charge in [-0.05, 0) is 103 Å². The van der Waals surface area contributed by atoms with E-state index in [1.807, 2.05) is 31.2 Å². The van der Waals surface area contributed by atoms with Gasteiger partial charge in [0.05, 0.1) is 25.4 Å². The average Bonchev–Trinajstić information content (AvgIpc) is 3.14. The van der Waals surface area contributed by atoms with E-state index >= 15 is 0 Å². The standard InChI is InChI=1S/C23H22Br2N2OS/c1-13-20(22(28)27-23-9-6-14(7-10-23)8-11-23)16-12-15(24)2-3-17(16)26-21(13)18-4-5-19(25)29-18/h2-5,12,14H,6-11H2,1H3,(H,27,28). The van der Waals surface area contributed by atoms with Gasteiger partial charge in [-0.25, -0.2) is 4.98 Å². The number of hydrogen-bond acceptors (Lipinski definition) is 3. The van der Waals surface area contributed by atoms with E-state index in [0.29, 0.717) is 0 Å². The predicted octanol–water partition coefficient (Wildman–Crippen LogP) is 7.25. The summed E-state index contributed by atoms with van der Waals surface area (Å²) in [4.78, 5) is 19.7. The minimum Gasteiger partial charge on any atom is -0.347 e. The second-order valence-electron chi connectivity index (χ2n) is 8.44. The van der Waals surface area contributed by atoms with E-state index in [4.69, 9.17) is 4.98 Å². The van der Waals surface area contributed by atoms with E-state index in [-0.39, 0.29) is 11.4 Å². The van der Waals surface area contributed by atoms with E-state index in [2.05, 4.69) is 43.2 Å². The molecule has 0 radical (unpaired) electrons. The first-order valence-electron chi connectivity index (χ1n) is 10.1. The van der Waals surface area contributed by atoms with Gasteiger partial charge in [0.1, 0.15) is 0 Å². The first kappa shape index (κ1) is 19.7. The lowest BCUT2D eigenvalue weighted by atomic mass is 9.65. The molecule has 3 nitrogen and oxygen atoms in total. The molecule has 1 N–H and O–H groups in total. The molecule has 2 heterocycles. The van der Waals surface area contributed by atoms with Gasteiger partial charge in [-0.15, -0.1) is 11.3 Å². The van der Waals surface area contributed by atoms with Crippen LogP contribution >= 0.6 is 43.2 Å². The number of carbonyl (C=O) groups excluding carboxylic acids is 1. The van der Waals surface area contributed by atoms with Gasteiger partial charge in [-0.3, -0.25) is 4.79 Å². The van der Waals surface area contributed by atoms with Crippen LogP contribution in [0.2, 0.25) is 0 Å². The van der Waals surface area contributed by atoms with Crippen LogP contribution in [-0.4, -0.2) is 16.4 Å². The Bertz CT molecular complexity index is 1100. The SMILES string of the molecule is Cc1c(-c2ccc(Br)s2)nc2ccc(Br)cc2c1C(=O)NC12CCC(CC1)CC2. The maximum Gasteiger partial charge on any atom is 0.252 e. The summed E-state index contributed by atoms with van der Waals surface area (Å²) in [6.45, 7) is 2.03. The molecule has 6 heteroatoms. The molecule has 0 atom stereocenters. The number of thiophene rings is 1. The van der Waals surface area contributed by atoms with Crippen molar-refractivity contribution in [2.45, 2.75) is 51.0 Å². The Balaban J connectivity index is 1.63. The summed E-state index contributed by atoms with van der Waals surface area (Å²) in [7, 11) is 0. The number of rotatable bonds is 3. The monoisotopic (exact) mass is 532 g/mol. The van der Waals surface area contributed by atoms with Crippen molar-refractivity contribution in [2.75, 3.05) is 0 Å². The number of nitrogens with zero attached hydrogens (tertiary/aromatic N) is 1. The molecule has 0 spiro atoms. The molecule has 2 aromatic heterocycles. The molecule has 3 aliphatic rings. The van der Waals surface area contributed by atoms with Gasteiger partial charge in [0.25, 0.3) is 5.91 Å². The fourth-order valence-corrected chi connectivity index (χ4v) is 6.84. The molecular weight excluding hydrogens is 512 g/mol. The van der Waals surface area contributed by atoms with Crippen molar-refractivity contribution in [3.8, 4) is 10.6 Å². The Labute approximate surface area is 191 Å². The van der Waals surface area contributed by atoms with Crippen LogP contribution in [0, 0.1) is 12.8 Å². The summed E-state index contributed by atoms with van der Waals surface area (Å²) in [5, 5.41) is 4.40. The summed E-state index contributed by atoms with van der Waals surface area (Å²) >= 11 is 8.77. The highest BCUT2D eigenvalue weighted by Gasteiger charge is 2.41. The number of benzene rings is 1. The Kier molecular flexibility index (Phi) is 5.08. The number of halogens is 2. The highest BCUT2D eigenvalue weighted by atomic mass is 79.9. The third-order valence-corrected chi connectivity index (χ3v) is 8.82. The number of carbonyl (C=O) groups is 1. The van der Waals surface area contributed by atoms with E-state index in [9.17, 15) is 4.79 Å². The van der Waals surface area contributed by atoms with Crippen molar-refractivity contribution in [1.29, 1.82) is 0 Å². The van der Waals surface area contributed by atoms with Crippen LogP contribution in [0.5, 0.6) is 0 Å². The van der Waals surface area contributed by atoms with Crippen molar-refractivity contribution in [1.82, 2.24) is 10.3 Å². The Hall–Kier alpha value is -1.24. The third-order valence-electron chi connectivity index (χ3n) is 6.70. The lowest BCUT2D eigenvalue weighted by molar-refractivity contribution is 0.0715. The molecule has 0 unspecified atom stereocenters. The highest BCUT2D eigenvalue weighted by Crippen LogP contribution is 2.44. The van der Waals surface area contributed by atoms with Crippen LogP contribution < -0.4 is 5.32 Å². The first-order valence-corrected chi connectivity index (χ1v) is 12.5. The minimum absolute atomic E-state index is 0.0218. The zero-order chi connectivity index (χ0) is 20.2. The molecule has 2 bridgehead atoms. The second kappa shape index (κ2) is 7.47. The van der Waals surface area contributed by atoms with E-state index in [1.165, 1.54) is 19.3 Å². The number of pyridine rings is 1. The van der Waals surface area contributed by atoms with Crippen LogP contribution in [0.25, 0.3) is 21.5 Å². The molecular formula is C23H22Br2N2OS. The predicted molar refractivity (Wildman–Crippen MR) is 127 cm³/mol. The van der Waals surface area contributed by atoms with Crippen LogP contribution in [0.4, 0.5) is 0 Å². The smallest absolute Gasteiger partial charge is 0.252 e. The molecule has 1 amide bonds. The van der Waals surface area contributed by atoms with Gasteiger partial charge < -0.3 is 5.32 Å². The van der Waals surface area contributed by atoms with Crippen molar-refractivity contribution < 1.29 is 4.79 Å². The Morgan fingerprint density at radius 1 is 1.14 bits per heavy atom. The minimum atomic E-state index is -0.0218. The van der Waals surface area contributed by atoms with Crippen LogP contribution in [0.3, 0.4) is 0 Å². The lowest BCUT2D eigenvalue weighted by Gasteiger charge is -2.47. The quantitative estimate of drug-likeness (QED) is 0.385. The van der Waals surface area contributed by atoms with Gasteiger partial charge in [0.15, 0.2) is 0 Å². The van der Waals surface area contributed by atoms with Crippen LogP contribution in [-0.2, 0) is 0 Å². The topological polar surface area (TPSA) is 42.0 Å². The molecule has 0 aliphatic heterocycles. The van der Waals surface area contributed by atoms with Gasteiger partial charge >= 0.3 is 0 Å². The zero-order valence-electron chi connectivity index (χ0n) is 16.2. The molecule has 1 aromatic carbocycles. The summed E-state index contributed by atoms with van der Waals surface area (Å²) < 4.78 is 2.02. The van der Waals surface area contributed by atoms with Gasteiger partial charge in [0.2, 0.25) is 0 Å². The van der Waals surface area contributed by atoms with Crippen molar-refractivity contribution >= 4 is 60.0 Å². The lowest BCUT2D eigenvalue weighted by Crippen LogP contribution is -2.53. The summed E-state index contributed by atoms with van der Waals surface area (Å²) in [5.74, 6) is 0.919. The van der Waals surface area contributed by atoms with Gasteiger partial charge in [0, 0.05) is 15.4 Å². The van der Waals surface area contributed by atoms with Crippen LogP contribution in [0.1, 0.15) is 54.4 Å². The molecule has 3 saturated carbocycles. The fourth-order valence-electron chi connectivity index (χ4n) is 5.04. The number of nitrogens with one attached hydrogen (secondary N) is 1. The van der Waals surface area contributed by atoms with E-state index in [0.717, 1.165) is 66.0 Å². The molecule has 3 aromatic rings. The van der Waals surface area contributed by atoms with Crippen molar-refractivity contribution in [2.24, 2.45) is 5.92 Å². The van der Waals surface area contributed by atoms with E-state index in [1.54, 1.807) is 11.3 Å². The number of hydrogen-bond donors (Lipinski definition) is 1. The molecule has 6 rings (SSSR count). The molecule has 3 aliphatic carbocycles. The largest absolute Gasteiger partial charge is 0.347 e. The normalized spacial score (nSPS) is 23.5. The average molecular weight is 534 g/mol. The molecule has 29 heavy (non-hydrogen) atoms. The molecule has 150 valence electrons. The number of aromatic nitrogens is 1. The zero-order valence-corrected chi connectivity index (χ0v) is 20.2. The fraction of sp³-hybridized carbons (Fsp3) is 0.391. The van der Waals surface area contributed by atoms with Crippen LogP contribution in [0.15, 0.2) is 38.6 Å². The summed E-state index contributed by atoms with van der Waals surface area (Å²) in [6.07, 6.45) is 7.07. The maximum atomic E-state index is 13.7. The number of amides is 1. The van der Waals surface area contributed by atoms with Gasteiger partial charge in [-0.1, -0.05) is 15.9 Å². The highest BCUT2D eigenvalue weighted by molar-refractivity contribution is 9.11. The number of fused-ring (bicyclic) bond motifs is 4. The first-order chi connectivity index (χ1) is 13.9. The Morgan fingerprint density at radius 3 is 2.52 bits per heavy atom. The molecule has 3 fully saturated rings. The summed E-state index contributed by atoms with van der Waals surface area (Å²) in [6, 6.07) is 10.1. The van der Waals surface area contributed by atoms with E-state index < -0.39 is 0 Å². The second-order valence-corrected chi connectivity index (χ2v) is 11.8. The van der Waals surface area contributed by atoms with Gasteiger partial charge in [-0.2, -0.15) is 0 Å². The van der Waals surface area contributed by atoms with Crippen molar-refractivity contribution in [3.63, 3.8) is 0 Å². The third kappa shape index (κ3) is 3.57. The molecule has 0 saturated heterocycles. The van der Waals surface area contributed by atoms with Crippen molar-refractivity contribution in [3.05, 3.63) is 49.7 Å². The maximum absolute atomic E-state index is 13.7.